The number of aromatic nitrogens is 2. The van der Waals surface area contributed by atoms with Crippen LogP contribution in [0.25, 0.3) is 0 Å². The van der Waals surface area contributed by atoms with Gasteiger partial charge in [0, 0.05) is 24.7 Å². The van der Waals surface area contributed by atoms with Crippen molar-refractivity contribution in [2.45, 2.75) is 63.9 Å². The van der Waals surface area contributed by atoms with E-state index in [2.05, 4.69) is 25.9 Å². The van der Waals surface area contributed by atoms with Crippen LogP contribution in [0.15, 0.2) is 36.8 Å². The number of carboxylic acid groups (broad SMARTS) is 1. The van der Waals surface area contributed by atoms with Crippen LogP contribution >= 0.6 is 0 Å². The molecule has 9 N–H and O–H groups in total. The Balaban J connectivity index is 2.16. The Hall–Kier alpha value is -3.97. The third kappa shape index (κ3) is 8.88. The molecular formula is C24H34N6O7. The van der Waals surface area contributed by atoms with Crippen LogP contribution in [0.3, 0.4) is 0 Å². The molecule has 13 heteroatoms. The van der Waals surface area contributed by atoms with Crippen molar-refractivity contribution in [3.05, 3.63) is 48.0 Å². The molecule has 37 heavy (non-hydrogen) atoms. The summed E-state index contributed by atoms with van der Waals surface area (Å²) in [4.78, 5) is 57.1. The highest BCUT2D eigenvalue weighted by atomic mass is 16.4. The van der Waals surface area contributed by atoms with Gasteiger partial charge in [0.1, 0.15) is 23.9 Å². The summed E-state index contributed by atoms with van der Waals surface area (Å²) in [5.41, 5.74) is 6.96. The maximum absolute atomic E-state index is 13.1. The fourth-order valence-corrected chi connectivity index (χ4v) is 3.38. The van der Waals surface area contributed by atoms with Crippen LogP contribution in [0.2, 0.25) is 0 Å². The topological polar surface area (TPSA) is 220 Å². The standard InChI is InChI=1S/C24H34N6O7/c1-12(2)19(25)22(34)28-17(9-15-10-26-11-27-15)21(33)30-20(13(3)31)23(35)29-18(24(36)37)8-14-4-6-16(32)7-5-14/h4-7,10-13,17-20,31-32H,8-9,25H2,1-3H3,(H,26,27)(H,28,34)(H,29,35)(H,30,33)(H,36,37). The van der Waals surface area contributed by atoms with Gasteiger partial charge in [-0.05, 0) is 30.5 Å². The summed E-state index contributed by atoms with van der Waals surface area (Å²) in [6.07, 6.45) is 1.36. The third-order valence-electron chi connectivity index (χ3n) is 5.69. The fraction of sp³-hybridized carbons (Fsp3) is 0.458. The maximum atomic E-state index is 13.1. The molecule has 0 aliphatic rings. The number of carbonyl (C=O) groups excluding carboxylic acids is 3. The van der Waals surface area contributed by atoms with Crippen LogP contribution in [0, 0.1) is 5.92 Å². The number of rotatable bonds is 13. The van der Waals surface area contributed by atoms with Crippen LogP contribution < -0.4 is 21.7 Å². The predicted octanol–water partition coefficient (Wildman–Crippen LogP) is -1.20. The number of aliphatic hydroxyl groups is 1. The number of aromatic amines is 1. The molecule has 202 valence electrons. The number of H-pyrrole nitrogens is 1. The molecule has 2 aromatic rings. The average molecular weight is 519 g/mol. The Morgan fingerprint density at radius 3 is 2.08 bits per heavy atom. The molecule has 0 radical (unpaired) electrons. The molecule has 0 aliphatic carbocycles. The van der Waals surface area contributed by atoms with Gasteiger partial charge in [-0.15, -0.1) is 0 Å². The molecule has 5 atom stereocenters. The Morgan fingerprint density at radius 2 is 1.57 bits per heavy atom. The zero-order valence-corrected chi connectivity index (χ0v) is 20.8. The van der Waals surface area contributed by atoms with E-state index in [4.69, 9.17) is 5.73 Å². The average Bonchev–Trinajstić information content (AvgIpc) is 3.34. The number of nitrogens with two attached hydrogens (primary N) is 1. The number of benzene rings is 1. The number of carboxylic acids is 1. The molecule has 0 saturated heterocycles. The van der Waals surface area contributed by atoms with Gasteiger partial charge in [0.15, 0.2) is 0 Å². The van der Waals surface area contributed by atoms with E-state index in [0.29, 0.717) is 11.3 Å². The highest BCUT2D eigenvalue weighted by molar-refractivity contribution is 5.94. The van der Waals surface area contributed by atoms with Gasteiger partial charge in [0.05, 0.1) is 18.5 Å². The molecule has 0 spiro atoms. The van der Waals surface area contributed by atoms with Crippen molar-refractivity contribution < 1.29 is 34.5 Å². The van der Waals surface area contributed by atoms with Crippen LogP contribution in [-0.2, 0) is 32.0 Å². The molecule has 13 nitrogen and oxygen atoms in total. The lowest BCUT2D eigenvalue weighted by Crippen LogP contribution is -2.60. The molecule has 1 aromatic heterocycles. The van der Waals surface area contributed by atoms with E-state index < -0.39 is 54.0 Å². The number of hydrogen-bond donors (Lipinski definition) is 8. The van der Waals surface area contributed by atoms with E-state index in [9.17, 15) is 34.5 Å². The number of nitrogens with zero attached hydrogens (tertiary/aromatic N) is 1. The van der Waals surface area contributed by atoms with E-state index in [0.717, 1.165) is 0 Å². The first kappa shape index (κ1) is 29.3. The Labute approximate surface area is 213 Å². The fourth-order valence-electron chi connectivity index (χ4n) is 3.38. The van der Waals surface area contributed by atoms with Crippen molar-refractivity contribution >= 4 is 23.7 Å². The lowest BCUT2D eigenvalue weighted by atomic mass is 10.0. The van der Waals surface area contributed by atoms with Gasteiger partial charge in [0.2, 0.25) is 17.7 Å². The summed E-state index contributed by atoms with van der Waals surface area (Å²) in [6, 6.07) is 0.839. The molecule has 0 saturated carbocycles. The molecule has 0 fully saturated rings. The molecule has 5 unspecified atom stereocenters. The van der Waals surface area contributed by atoms with E-state index >= 15 is 0 Å². The number of carbonyl (C=O) groups is 4. The van der Waals surface area contributed by atoms with Gasteiger partial charge in [-0.3, -0.25) is 14.4 Å². The van der Waals surface area contributed by atoms with E-state index in [1.54, 1.807) is 13.8 Å². The number of aliphatic carboxylic acids is 1. The minimum atomic E-state index is -1.52. The monoisotopic (exact) mass is 518 g/mol. The van der Waals surface area contributed by atoms with Gasteiger partial charge in [-0.2, -0.15) is 0 Å². The van der Waals surface area contributed by atoms with E-state index in [1.165, 1.54) is 43.7 Å². The molecule has 2 rings (SSSR count). The lowest BCUT2D eigenvalue weighted by molar-refractivity contribution is -0.143. The van der Waals surface area contributed by atoms with Crippen molar-refractivity contribution in [3.63, 3.8) is 0 Å². The number of nitrogens with one attached hydrogen (secondary N) is 4. The second kappa shape index (κ2) is 13.4. The van der Waals surface area contributed by atoms with Crippen molar-refractivity contribution in [3.8, 4) is 5.75 Å². The summed E-state index contributed by atoms with van der Waals surface area (Å²) < 4.78 is 0. The normalized spacial score (nSPS) is 15.2. The van der Waals surface area contributed by atoms with Crippen LogP contribution in [0.5, 0.6) is 5.75 Å². The number of aromatic hydroxyl groups is 1. The Bertz CT molecular complexity index is 1060. The highest BCUT2D eigenvalue weighted by Crippen LogP contribution is 2.12. The summed E-state index contributed by atoms with van der Waals surface area (Å²) in [7, 11) is 0. The predicted molar refractivity (Wildman–Crippen MR) is 132 cm³/mol. The first-order valence-corrected chi connectivity index (χ1v) is 11.7. The summed E-state index contributed by atoms with van der Waals surface area (Å²) in [5.74, 6) is -3.82. The van der Waals surface area contributed by atoms with Crippen molar-refractivity contribution in [2.24, 2.45) is 11.7 Å². The number of imidazole rings is 1. The first-order chi connectivity index (χ1) is 17.4. The number of amides is 3. The van der Waals surface area contributed by atoms with Gasteiger partial charge in [0.25, 0.3) is 0 Å². The minimum Gasteiger partial charge on any atom is -0.508 e. The second-order valence-corrected chi connectivity index (χ2v) is 9.11. The third-order valence-corrected chi connectivity index (χ3v) is 5.69. The number of phenols is 1. The second-order valence-electron chi connectivity index (χ2n) is 9.11. The molecule has 3 amide bonds. The highest BCUT2D eigenvalue weighted by Gasteiger charge is 2.33. The smallest absolute Gasteiger partial charge is 0.326 e. The number of hydrogen-bond acceptors (Lipinski definition) is 8. The van der Waals surface area contributed by atoms with Crippen molar-refractivity contribution in [1.82, 2.24) is 25.9 Å². The number of aliphatic hydroxyl groups excluding tert-OH is 1. The van der Waals surface area contributed by atoms with Gasteiger partial charge in [-0.25, -0.2) is 9.78 Å². The summed E-state index contributed by atoms with van der Waals surface area (Å²) in [6.45, 7) is 4.76. The van der Waals surface area contributed by atoms with Crippen molar-refractivity contribution in [1.29, 1.82) is 0 Å². The SMILES string of the molecule is CC(C)C(N)C(=O)NC(Cc1cnc[nH]1)C(=O)NC(C(=O)NC(Cc1ccc(O)cc1)C(=O)O)C(C)O. The Morgan fingerprint density at radius 1 is 0.946 bits per heavy atom. The van der Waals surface area contributed by atoms with Gasteiger partial charge < -0.3 is 42.0 Å². The first-order valence-electron chi connectivity index (χ1n) is 11.7. The van der Waals surface area contributed by atoms with Crippen LogP contribution in [0.1, 0.15) is 32.0 Å². The Kier molecular flexibility index (Phi) is 10.6. The van der Waals surface area contributed by atoms with E-state index in [-0.39, 0.29) is 24.5 Å². The van der Waals surface area contributed by atoms with Gasteiger partial charge >= 0.3 is 5.97 Å². The minimum absolute atomic E-state index is 0.00247. The van der Waals surface area contributed by atoms with Crippen LogP contribution in [0.4, 0.5) is 0 Å². The zero-order valence-electron chi connectivity index (χ0n) is 20.8. The quantitative estimate of drug-likeness (QED) is 0.159. The summed E-state index contributed by atoms with van der Waals surface area (Å²) >= 11 is 0. The molecule has 0 aliphatic heterocycles. The molecular weight excluding hydrogens is 484 g/mol. The van der Waals surface area contributed by atoms with Gasteiger partial charge in [-0.1, -0.05) is 26.0 Å². The lowest BCUT2D eigenvalue weighted by Gasteiger charge is -2.27. The van der Waals surface area contributed by atoms with Crippen LogP contribution in [-0.4, -0.2) is 79.2 Å². The molecule has 1 heterocycles. The molecule has 1 aromatic carbocycles. The number of phenolic OH excluding ortho intramolecular Hbond substituents is 1. The maximum Gasteiger partial charge on any atom is 0.326 e. The summed E-state index contributed by atoms with van der Waals surface area (Å²) in [5, 5.41) is 36.5. The van der Waals surface area contributed by atoms with E-state index in [1.807, 2.05) is 0 Å². The largest absolute Gasteiger partial charge is 0.508 e. The van der Waals surface area contributed by atoms with Crippen molar-refractivity contribution in [2.75, 3.05) is 0 Å². The molecule has 0 bridgehead atoms. The zero-order chi connectivity index (χ0) is 27.7.